The smallest absolute Gasteiger partial charge is 0.144 e. The van der Waals surface area contributed by atoms with E-state index < -0.39 is 5.92 Å². The van der Waals surface area contributed by atoms with Gasteiger partial charge in [0.25, 0.3) is 0 Å². The maximum absolute atomic E-state index is 13.2. The number of carbonyl (C=O) groups excluding carboxylic acids is 1. The minimum atomic E-state index is -0.573. The van der Waals surface area contributed by atoms with Crippen LogP contribution in [0.15, 0.2) is 90.1 Å². The Kier molecular flexibility index (Phi) is 6.40. The molecule has 2 aromatic carbocycles. The molecule has 7 heteroatoms. The number of pyridine rings is 1. The Morgan fingerprint density at radius 2 is 1.62 bits per heavy atom. The Balaban J connectivity index is 1.70. The molecule has 172 valence electrons. The average molecular weight is 491 g/mol. The lowest BCUT2D eigenvalue weighted by atomic mass is 9.88. The fourth-order valence-electron chi connectivity index (χ4n) is 4.26. The van der Waals surface area contributed by atoms with Crippen molar-refractivity contribution in [2.24, 2.45) is 16.9 Å². The van der Waals surface area contributed by atoms with Crippen molar-refractivity contribution < 1.29 is 4.79 Å². The van der Waals surface area contributed by atoms with Crippen LogP contribution in [0.4, 0.5) is 11.4 Å². The Bertz CT molecular complexity index is 1220. The van der Waals surface area contributed by atoms with Crippen LogP contribution >= 0.6 is 23.2 Å². The molecule has 0 radical (unpaired) electrons. The average Bonchev–Trinajstić information content (AvgIpc) is 3.63. The molecule has 1 aliphatic carbocycles. The number of hydrazone groups is 1. The molecule has 0 amide bonds. The van der Waals surface area contributed by atoms with E-state index in [1.54, 1.807) is 19.3 Å². The lowest BCUT2D eigenvalue weighted by Crippen LogP contribution is -2.39. The molecular formula is C27H24Cl2N4O. The van der Waals surface area contributed by atoms with E-state index in [1.165, 1.54) is 12.8 Å². The summed E-state index contributed by atoms with van der Waals surface area (Å²) in [5.41, 5.74) is 4.07. The van der Waals surface area contributed by atoms with Crippen LogP contribution in [0.25, 0.3) is 0 Å². The van der Waals surface area contributed by atoms with E-state index in [1.807, 2.05) is 71.9 Å². The largest absolute Gasteiger partial charge is 0.311 e. The van der Waals surface area contributed by atoms with E-state index in [9.17, 15) is 4.79 Å². The molecule has 3 aromatic rings. The molecule has 1 fully saturated rings. The van der Waals surface area contributed by atoms with Crippen molar-refractivity contribution in [2.45, 2.75) is 19.8 Å². The first kappa shape index (κ1) is 22.6. The van der Waals surface area contributed by atoms with E-state index in [4.69, 9.17) is 28.3 Å². The molecule has 5 rings (SSSR count). The number of allylic oxidation sites excluding steroid dienone is 1. The zero-order valence-electron chi connectivity index (χ0n) is 18.7. The summed E-state index contributed by atoms with van der Waals surface area (Å²) in [6.45, 7) is 2.42. The minimum Gasteiger partial charge on any atom is -0.311 e. The summed E-state index contributed by atoms with van der Waals surface area (Å²) in [5, 5.41) is 8.13. The van der Waals surface area contributed by atoms with Gasteiger partial charge in [0, 0.05) is 52.1 Å². The van der Waals surface area contributed by atoms with Crippen LogP contribution in [-0.2, 0) is 4.79 Å². The number of benzene rings is 2. The lowest BCUT2D eigenvalue weighted by Gasteiger charge is -2.37. The van der Waals surface area contributed by atoms with Gasteiger partial charge in [-0.1, -0.05) is 35.3 Å². The summed E-state index contributed by atoms with van der Waals surface area (Å²) in [6, 6.07) is 19.0. The maximum Gasteiger partial charge on any atom is 0.144 e. The van der Waals surface area contributed by atoms with Crippen molar-refractivity contribution >= 4 is 46.1 Å². The number of nitrogens with zero attached hydrogens (tertiary/aromatic N) is 4. The summed E-state index contributed by atoms with van der Waals surface area (Å²) in [4.78, 5) is 19.4. The zero-order chi connectivity index (χ0) is 23.7. The van der Waals surface area contributed by atoms with Gasteiger partial charge in [0.1, 0.15) is 11.7 Å². The predicted octanol–water partition coefficient (Wildman–Crippen LogP) is 6.70. The molecule has 5 nitrogen and oxygen atoms in total. The van der Waals surface area contributed by atoms with Crippen molar-refractivity contribution in [2.75, 3.05) is 11.4 Å². The monoisotopic (exact) mass is 490 g/mol. The van der Waals surface area contributed by atoms with E-state index in [0.717, 1.165) is 29.2 Å². The molecule has 2 aliphatic rings. The van der Waals surface area contributed by atoms with Crippen LogP contribution in [0.1, 0.15) is 25.3 Å². The molecule has 34 heavy (non-hydrogen) atoms. The summed E-state index contributed by atoms with van der Waals surface area (Å²) < 4.78 is 0. The van der Waals surface area contributed by atoms with Crippen LogP contribution in [0.2, 0.25) is 10.0 Å². The highest BCUT2D eigenvalue weighted by Gasteiger charge is 2.36. The van der Waals surface area contributed by atoms with Crippen LogP contribution in [-0.4, -0.2) is 28.0 Å². The van der Waals surface area contributed by atoms with Crippen LogP contribution in [0.5, 0.6) is 0 Å². The van der Waals surface area contributed by atoms with Gasteiger partial charge in [0.15, 0.2) is 0 Å². The quantitative estimate of drug-likeness (QED) is 0.369. The van der Waals surface area contributed by atoms with Crippen molar-refractivity contribution in [3.63, 3.8) is 0 Å². The summed E-state index contributed by atoms with van der Waals surface area (Å²) in [5.74, 6) is 0.0392. The summed E-state index contributed by atoms with van der Waals surface area (Å²) in [6.07, 6.45) is 7.84. The second kappa shape index (κ2) is 9.61. The first-order valence-corrected chi connectivity index (χ1v) is 12.0. The third-order valence-electron chi connectivity index (χ3n) is 6.00. The molecule has 0 bridgehead atoms. The van der Waals surface area contributed by atoms with Crippen molar-refractivity contribution in [1.82, 2.24) is 9.99 Å². The van der Waals surface area contributed by atoms with Gasteiger partial charge >= 0.3 is 0 Å². The molecule has 0 spiro atoms. The van der Waals surface area contributed by atoms with E-state index >= 15 is 0 Å². The molecule has 2 heterocycles. The van der Waals surface area contributed by atoms with Crippen molar-refractivity contribution in [1.29, 1.82) is 0 Å². The number of anilines is 2. The standard InChI is InChI=1S/C27H24Cl2N4O/c1-18(34)26-25(17-32(16-19-8-9-19)31-27(26)20-10-12-30-13-11-20)33(23-6-2-4-21(28)14-23)24-7-3-5-22(29)15-24/h2-7,10-15,17,19,26H,8-9,16H2,1H3. The van der Waals surface area contributed by atoms with Gasteiger partial charge < -0.3 is 4.90 Å². The molecule has 1 saturated carbocycles. The number of hydrogen-bond donors (Lipinski definition) is 0. The van der Waals surface area contributed by atoms with Gasteiger partial charge in [-0.05, 0) is 74.2 Å². The number of carbonyl (C=O) groups is 1. The van der Waals surface area contributed by atoms with Crippen LogP contribution < -0.4 is 4.90 Å². The fraction of sp³-hybridized carbons (Fsp3) is 0.222. The summed E-state index contributed by atoms with van der Waals surface area (Å²) >= 11 is 12.8. The predicted molar refractivity (Wildman–Crippen MR) is 138 cm³/mol. The second-order valence-corrected chi connectivity index (χ2v) is 9.55. The number of aromatic nitrogens is 1. The van der Waals surface area contributed by atoms with Crippen molar-refractivity contribution in [3.05, 3.63) is 101 Å². The number of halogens is 2. The Hall–Kier alpha value is -3.15. The molecule has 1 aromatic heterocycles. The molecule has 1 aliphatic heterocycles. The highest BCUT2D eigenvalue weighted by molar-refractivity contribution is 6.31. The van der Waals surface area contributed by atoms with Gasteiger partial charge in [-0.25, -0.2) is 0 Å². The van der Waals surface area contributed by atoms with E-state index in [0.29, 0.717) is 21.7 Å². The SMILES string of the molecule is CC(=O)C1C(N(c2cccc(Cl)c2)c2cccc(Cl)c2)=CN(CC2CC2)N=C1c1ccncc1. The second-order valence-electron chi connectivity index (χ2n) is 8.68. The van der Waals surface area contributed by atoms with Crippen LogP contribution in [0, 0.1) is 11.8 Å². The first-order valence-electron chi connectivity index (χ1n) is 11.3. The van der Waals surface area contributed by atoms with E-state index in [2.05, 4.69) is 9.88 Å². The van der Waals surface area contributed by atoms with Gasteiger partial charge in [0.2, 0.25) is 0 Å². The molecular weight excluding hydrogens is 467 g/mol. The Morgan fingerprint density at radius 1 is 1.00 bits per heavy atom. The number of Topliss-reactive ketones (excluding diaryl/α,β-unsaturated/α-hetero) is 1. The molecule has 1 atom stereocenters. The van der Waals surface area contributed by atoms with Gasteiger partial charge in [-0.15, -0.1) is 0 Å². The topological polar surface area (TPSA) is 48.8 Å². The number of hydrogen-bond acceptors (Lipinski definition) is 5. The Labute approximate surface area is 209 Å². The maximum atomic E-state index is 13.2. The van der Waals surface area contributed by atoms with Gasteiger partial charge in [-0.2, -0.15) is 5.10 Å². The van der Waals surface area contributed by atoms with Gasteiger partial charge in [0.05, 0.1) is 11.4 Å². The molecule has 1 unspecified atom stereocenters. The summed E-state index contributed by atoms with van der Waals surface area (Å²) in [7, 11) is 0. The molecule has 0 saturated heterocycles. The molecule has 0 N–H and O–H groups in total. The minimum absolute atomic E-state index is 0.00180. The third-order valence-corrected chi connectivity index (χ3v) is 6.47. The normalized spacial score (nSPS) is 17.7. The van der Waals surface area contributed by atoms with Gasteiger partial charge in [-0.3, -0.25) is 14.8 Å². The zero-order valence-corrected chi connectivity index (χ0v) is 20.2. The fourth-order valence-corrected chi connectivity index (χ4v) is 4.63. The van der Waals surface area contributed by atoms with E-state index in [-0.39, 0.29) is 5.78 Å². The third kappa shape index (κ3) is 4.86. The Morgan fingerprint density at radius 3 is 2.15 bits per heavy atom. The lowest BCUT2D eigenvalue weighted by molar-refractivity contribution is -0.118. The number of rotatable bonds is 7. The van der Waals surface area contributed by atoms with Crippen molar-refractivity contribution in [3.8, 4) is 0 Å². The highest BCUT2D eigenvalue weighted by atomic mass is 35.5. The highest BCUT2D eigenvalue weighted by Crippen LogP contribution is 2.39. The van der Waals surface area contributed by atoms with Crippen LogP contribution in [0.3, 0.4) is 0 Å². The number of ketones is 1. The first-order chi connectivity index (χ1) is 16.5.